The largest absolute Gasteiger partial charge is 0.481 e. The van der Waals surface area contributed by atoms with Gasteiger partial charge in [0, 0.05) is 5.54 Å². The number of rotatable bonds is 5. The Morgan fingerprint density at radius 1 is 1.39 bits per heavy atom. The summed E-state index contributed by atoms with van der Waals surface area (Å²) in [6.45, 7) is 3.53. The summed E-state index contributed by atoms with van der Waals surface area (Å²) in [5.41, 5.74) is -0.425. The summed E-state index contributed by atoms with van der Waals surface area (Å²) in [7, 11) is 0. The summed E-state index contributed by atoms with van der Waals surface area (Å²) < 4.78 is 0. The number of carbonyl (C=O) groups is 2. The molecular weight excluding hydrogens is 254 g/mol. The molecule has 0 saturated heterocycles. The average molecular weight is 270 g/mol. The van der Waals surface area contributed by atoms with Gasteiger partial charge >= 0.3 is 5.97 Å². The van der Waals surface area contributed by atoms with Crippen LogP contribution >= 0.6 is 11.6 Å². The lowest BCUT2D eigenvalue weighted by molar-refractivity contribution is -0.138. The summed E-state index contributed by atoms with van der Waals surface area (Å²) in [5.74, 6) is -1.30. The first kappa shape index (κ1) is 14.5. The molecule has 1 aromatic carbocycles. The Morgan fingerprint density at radius 3 is 2.50 bits per heavy atom. The van der Waals surface area contributed by atoms with Gasteiger partial charge in [0.15, 0.2) is 0 Å². The minimum absolute atomic E-state index is 0.125. The van der Waals surface area contributed by atoms with Gasteiger partial charge in [0.25, 0.3) is 5.91 Å². The van der Waals surface area contributed by atoms with Crippen molar-refractivity contribution < 1.29 is 14.7 Å². The van der Waals surface area contributed by atoms with Crippen LogP contribution in [0.15, 0.2) is 24.3 Å². The maximum absolute atomic E-state index is 12.0. The van der Waals surface area contributed by atoms with E-state index in [0.29, 0.717) is 17.0 Å². The Bertz CT molecular complexity index is 461. The van der Waals surface area contributed by atoms with Crippen LogP contribution in [0.25, 0.3) is 0 Å². The van der Waals surface area contributed by atoms with E-state index >= 15 is 0 Å². The Hall–Kier alpha value is -1.55. The molecule has 0 spiro atoms. The molecule has 1 rings (SSSR count). The van der Waals surface area contributed by atoms with Crippen molar-refractivity contribution in [1.82, 2.24) is 5.32 Å². The number of benzene rings is 1. The van der Waals surface area contributed by atoms with Gasteiger partial charge in [0.05, 0.1) is 17.0 Å². The lowest BCUT2D eigenvalue weighted by Gasteiger charge is -2.28. The van der Waals surface area contributed by atoms with Crippen molar-refractivity contribution in [2.45, 2.75) is 32.2 Å². The van der Waals surface area contributed by atoms with Crippen molar-refractivity contribution in [3.05, 3.63) is 34.9 Å². The van der Waals surface area contributed by atoms with Crippen molar-refractivity contribution in [3.63, 3.8) is 0 Å². The number of hydrogen-bond donors (Lipinski definition) is 2. The van der Waals surface area contributed by atoms with Gasteiger partial charge in [-0.2, -0.15) is 0 Å². The van der Waals surface area contributed by atoms with E-state index in [4.69, 9.17) is 16.7 Å². The van der Waals surface area contributed by atoms with Gasteiger partial charge in [0.1, 0.15) is 0 Å². The number of carboxylic acids is 1. The molecule has 0 aliphatic rings. The van der Waals surface area contributed by atoms with Crippen molar-refractivity contribution >= 4 is 23.5 Å². The lowest BCUT2D eigenvalue weighted by atomic mass is 9.94. The molecule has 4 nitrogen and oxygen atoms in total. The van der Waals surface area contributed by atoms with Gasteiger partial charge in [-0.1, -0.05) is 30.7 Å². The van der Waals surface area contributed by atoms with E-state index in [1.807, 2.05) is 6.92 Å². The summed E-state index contributed by atoms with van der Waals surface area (Å²) in [6.07, 6.45) is 0.398. The molecule has 1 amide bonds. The molecule has 0 aliphatic heterocycles. The number of amides is 1. The molecule has 0 radical (unpaired) electrons. The maximum atomic E-state index is 12.0. The van der Waals surface area contributed by atoms with Gasteiger partial charge in [-0.3, -0.25) is 9.59 Å². The second-order valence-corrected chi connectivity index (χ2v) is 4.83. The number of carbonyl (C=O) groups excluding carboxylic acids is 1. The molecular formula is C13H16ClNO3. The summed E-state index contributed by atoms with van der Waals surface area (Å²) in [6, 6.07) is 6.67. The van der Waals surface area contributed by atoms with Crippen LogP contribution in [0.1, 0.15) is 37.0 Å². The standard InChI is InChI=1S/C13H16ClNO3/c1-3-13(2,8-11(16)17)15-12(18)9-6-4-5-7-10(9)14/h4-7H,3,8H2,1-2H3,(H,15,18)(H,16,17). The Labute approximate surface area is 111 Å². The number of hydrogen-bond acceptors (Lipinski definition) is 2. The fourth-order valence-corrected chi connectivity index (χ4v) is 1.80. The van der Waals surface area contributed by atoms with Crippen LogP contribution in [-0.4, -0.2) is 22.5 Å². The van der Waals surface area contributed by atoms with Gasteiger partial charge in [-0.15, -0.1) is 0 Å². The Kier molecular flexibility index (Phi) is 4.73. The first-order valence-electron chi connectivity index (χ1n) is 5.67. The lowest BCUT2D eigenvalue weighted by Crippen LogP contribution is -2.47. The fourth-order valence-electron chi connectivity index (χ4n) is 1.58. The van der Waals surface area contributed by atoms with E-state index in [9.17, 15) is 9.59 Å². The van der Waals surface area contributed by atoms with Gasteiger partial charge in [-0.05, 0) is 25.5 Å². The van der Waals surface area contributed by atoms with Gasteiger partial charge in [-0.25, -0.2) is 0 Å². The highest BCUT2D eigenvalue weighted by Crippen LogP contribution is 2.19. The van der Waals surface area contributed by atoms with E-state index in [2.05, 4.69) is 5.32 Å². The van der Waals surface area contributed by atoms with E-state index in [1.165, 1.54) is 0 Å². The van der Waals surface area contributed by atoms with Crippen LogP contribution in [0.5, 0.6) is 0 Å². The van der Waals surface area contributed by atoms with Crippen molar-refractivity contribution in [2.24, 2.45) is 0 Å². The molecule has 2 N–H and O–H groups in total. The molecule has 0 bridgehead atoms. The van der Waals surface area contributed by atoms with Crippen LogP contribution in [0.2, 0.25) is 5.02 Å². The number of carboxylic acid groups (broad SMARTS) is 1. The molecule has 0 heterocycles. The SMILES string of the molecule is CCC(C)(CC(=O)O)NC(=O)c1ccccc1Cl. The highest BCUT2D eigenvalue weighted by molar-refractivity contribution is 6.33. The van der Waals surface area contributed by atoms with Crippen LogP contribution < -0.4 is 5.32 Å². The molecule has 18 heavy (non-hydrogen) atoms. The highest BCUT2D eigenvalue weighted by atomic mass is 35.5. The maximum Gasteiger partial charge on any atom is 0.305 e. The Balaban J connectivity index is 2.86. The van der Waals surface area contributed by atoms with Crippen molar-refractivity contribution in [2.75, 3.05) is 0 Å². The van der Waals surface area contributed by atoms with E-state index in [-0.39, 0.29) is 12.3 Å². The zero-order valence-electron chi connectivity index (χ0n) is 10.4. The molecule has 5 heteroatoms. The average Bonchev–Trinajstić information content (AvgIpc) is 2.28. The molecule has 1 aromatic rings. The van der Waals surface area contributed by atoms with Crippen molar-refractivity contribution in [3.8, 4) is 0 Å². The molecule has 0 fully saturated rings. The van der Waals surface area contributed by atoms with Gasteiger partial charge in [0.2, 0.25) is 0 Å². The molecule has 98 valence electrons. The predicted octanol–water partition coefficient (Wildman–Crippen LogP) is 2.71. The number of halogens is 1. The zero-order valence-corrected chi connectivity index (χ0v) is 11.1. The second-order valence-electron chi connectivity index (χ2n) is 4.42. The third-order valence-electron chi connectivity index (χ3n) is 2.86. The monoisotopic (exact) mass is 269 g/mol. The topological polar surface area (TPSA) is 66.4 Å². The van der Waals surface area contributed by atoms with Gasteiger partial charge < -0.3 is 10.4 Å². The Morgan fingerprint density at radius 2 is 2.00 bits per heavy atom. The van der Waals surface area contributed by atoms with Crippen LogP contribution in [0, 0.1) is 0 Å². The summed E-state index contributed by atoms with van der Waals surface area (Å²) >= 11 is 5.92. The van der Waals surface area contributed by atoms with Crippen LogP contribution in [0.4, 0.5) is 0 Å². The fraction of sp³-hybridized carbons (Fsp3) is 0.385. The predicted molar refractivity (Wildman–Crippen MR) is 69.9 cm³/mol. The highest BCUT2D eigenvalue weighted by Gasteiger charge is 2.28. The van der Waals surface area contributed by atoms with E-state index in [1.54, 1.807) is 31.2 Å². The summed E-state index contributed by atoms with van der Waals surface area (Å²) in [4.78, 5) is 22.8. The van der Waals surface area contributed by atoms with Crippen LogP contribution in [0.3, 0.4) is 0 Å². The quantitative estimate of drug-likeness (QED) is 0.864. The number of nitrogens with one attached hydrogen (secondary N) is 1. The zero-order chi connectivity index (χ0) is 13.8. The minimum atomic E-state index is -0.946. The first-order chi connectivity index (χ1) is 8.38. The smallest absolute Gasteiger partial charge is 0.305 e. The summed E-state index contributed by atoms with van der Waals surface area (Å²) in [5, 5.41) is 11.9. The number of aliphatic carboxylic acids is 1. The first-order valence-corrected chi connectivity index (χ1v) is 6.04. The molecule has 0 saturated carbocycles. The molecule has 0 aliphatic carbocycles. The molecule has 1 unspecified atom stereocenters. The minimum Gasteiger partial charge on any atom is -0.481 e. The third kappa shape index (κ3) is 3.74. The van der Waals surface area contributed by atoms with Crippen LogP contribution in [-0.2, 0) is 4.79 Å². The second kappa shape index (κ2) is 5.87. The normalized spacial score (nSPS) is 13.7. The van der Waals surface area contributed by atoms with E-state index in [0.717, 1.165) is 0 Å². The van der Waals surface area contributed by atoms with E-state index < -0.39 is 11.5 Å². The molecule has 1 atom stereocenters. The molecule has 0 aromatic heterocycles. The third-order valence-corrected chi connectivity index (χ3v) is 3.19. The van der Waals surface area contributed by atoms with Crippen molar-refractivity contribution in [1.29, 1.82) is 0 Å².